The van der Waals surface area contributed by atoms with Crippen LogP contribution >= 0.6 is 11.8 Å². The molecule has 106 valence electrons. The van der Waals surface area contributed by atoms with Crippen LogP contribution in [0.1, 0.15) is 58.3 Å². The van der Waals surface area contributed by atoms with E-state index in [4.69, 9.17) is 10.2 Å². The Balaban J connectivity index is 3.49. The van der Waals surface area contributed by atoms with Gasteiger partial charge in [-0.05, 0) is 12.2 Å². The van der Waals surface area contributed by atoms with Gasteiger partial charge in [0.05, 0.1) is 6.42 Å². The number of thioether (sulfide) groups is 1. The van der Waals surface area contributed by atoms with Crippen LogP contribution in [-0.4, -0.2) is 33.2 Å². The van der Waals surface area contributed by atoms with Gasteiger partial charge in [-0.1, -0.05) is 45.4 Å². The lowest BCUT2D eigenvalue weighted by Crippen LogP contribution is -2.20. The molecule has 0 bridgehead atoms. The molecule has 1 atom stereocenters. The van der Waals surface area contributed by atoms with Crippen molar-refractivity contribution in [2.45, 2.75) is 63.5 Å². The molecule has 0 aromatic heterocycles. The predicted molar refractivity (Wildman–Crippen MR) is 74.1 cm³/mol. The first kappa shape index (κ1) is 17.3. The van der Waals surface area contributed by atoms with Gasteiger partial charge in [0.1, 0.15) is 5.25 Å². The van der Waals surface area contributed by atoms with Crippen molar-refractivity contribution in [2.75, 3.05) is 5.75 Å². The molecule has 0 fully saturated rings. The Hall–Kier alpha value is -0.710. The second kappa shape index (κ2) is 11.4. The largest absolute Gasteiger partial charge is 0.481 e. The summed E-state index contributed by atoms with van der Waals surface area (Å²) >= 11 is 1.25. The van der Waals surface area contributed by atoms with E-state index in [1.807, 2.05) is 0 Å². The molecule has 4 nitrogen and oxygen atoms in total. The van der Waals surface area contributed by atoms with Gasteiger partial charge in [0.15, 0.2) is 0 Å². The molecule has 18 heavy (non-hydrogen) atoms. The summed E-state index contributed by atoms with van der Waals surface area (Å²) in [6.07, 6.45) is 8.03. The van der Waals surface area contributed by atoms with E-state index in [1.165, 1.54) is 43.9 Å². The van der Waals surface area contributed by atoms with Crippen LogP contribution in [0.15, 0.2) is 0 Å². The highest BCUT2D eigenvalue weighted by Gasteiger charge is 2.20. The molecule has 0 heterocycles. The maximum absolute atomic E-state index is 10.8. The molecule has 0 saturated heterocycles. The topological polar surface area (TPSA) is 74.6 Å². The average Bonchev–Trinajstić information content (AvgIpc) is 2.30. The van der Waals surface area contributed by atoms with Crippen LogP contribution in [0, 0.1) is 0 Å². The zero-order chi connectivity index (χ0) is 13.8. The van der Waals surface area contributed by atoms with Crippen LogP contribution < -0.4 is 0 Å². The summed E-state index contributed by atoms with van der Waals surface area (Å²) in [5.74, 6) is -1.34. The lowest BCUT2D eigenvalue weighted by molar-refractivity contribution is -0.142. The van der Waals surface area contributed by atoms with E-state index in [-0.39, 0.29) is 6.42 Å². The number of aliphatic carboxylic acids is 2. The maximum atomic E-state index is 10.8. The summed E-state index contributed by atoms with van der Waals surface area (Å²) in [5.41, 5.74) is 0. The van der Waals surface area contributed by atoms with Gasteiger partial charge in [-0.2, -0.15) is 0 Å². The van der Waals surface area contributed by atoms with Crippen molar-refractivity contribution in [3.63, 3.8) is 0 Å². The first-order valence-corrected chi connectivity index (χ1v) is 7.69. The summed E-state index contributed by atoms with van der Waals surface area (Å²) in [4.78, 5) is 21.3. The molecule has 0 aromatic carbocycles. The molecule has 0 amide bonds. The van der Waals surface area contributed by atoms with E-state index >= 15 is 0 Å². The Morgan fingerprint density at radius 1 is 1.00 bits per heavy atom. The molecule has 1 unspecified atom stereocenters. The average molecular weight is 276 g/mol. The van der Waals surface area contributed by atoms with Gasteiger partial charge in [0, 0.05) is 0 Å². The highest BCUT2D eigenvalue weighted by molar-refractivity contribution is 8.00. The fraction of sp³-hybridized carbons (Fsp3) is 0.846. The van der Waals surface area contributed by atoms with Crippen molar-refractivity contribution >= 4 is 23.7 Å². The number of hydrogen-bond acceptors (Lipinski definition) is 3. The highest BCUT2D eigenvalue weighted by atomic mass is 32.2. The highest BCUT2D eigenvalue weighted by Crippen LogP contribution is 2.18. The minimum Gasteiger partial charge on any atom is -0.481 e. The molecule has 0 radical (unpaired) electrons. The molecule has 2 N–H and O–H groups in total. The van der Waals surface area contributed by atoms with Crippen LogP contribution in [-0.2, 0) is 9.59 Å². The van der Waals surface area contributed by atoms with Crippen molar-refractivity contribution in [2.24, 2.45) is 0 Å². The fourth-order valence-electron chi connectivity index (χ4n) is 1.66. The first-order valence-electron chi connectivity index (χ1n) is 6.64. The van der Waals surface area contributed by atoms with E-state index in [0.29, 0.717) is 0 Å². The zero-order valence-corrected chi connectivity index (χ0v) is 11.9. The van der Waals surface area contributed by atoms with E-state index in [1.54, 1.807) is 0 Å². The monoisotopic (exact) mass is 276 g/mol. The lowest BCUT2D eigenvalue weighted by Gasteiger charge is -2.09. The molecule has 0 aliphatic heterocycles. The van der Waals surface area contributed by atoms with Gasteiger partial charge >= 0.3 is 11.9 Å². The Morgan fingerprint density at radius 3 is 2.06 bits per heavy atom. The zero-order valence-electron chi connectivity index (χ0n) is 11.1. The third-order valence-corrected chi connectivity index (χ3v) is 4.00. The Bertz CT molecular complexity index is 243. The van der Waals surface area contributed by atoms with E-state index in [9.17, 15) is 9.59 Å². The smallest absolute Gasteiger partial charge is 0.317 e. The van der Waals surface area contributed by atoms with E-state index in [0.717, 1.165) is 18.6 Å². The van der Waals surface area contributed by atoms with Gasteiger partial charge < -0.3 is 10.2 Å². The summed E-state index contributed by atoms with van der Waals surface area (Å²) in [7, 11) is 0. The Morgan fingerprint density at radius 2 is 1.56 bits per heavy atom. The third kappa shape index (κ3) is 10.4. The van der Waals surface area contributed by atoms with Gasteiger partial charge in [0.25, 0.3) is 0 Å². The molecule has 0 spiro atoms. The number of carbonyl (C=O) groups is 2. The first-order chi connectivity index (χ1) is 8.57. The molecule has 0 aliphatic carbocycles. The van der Waals surface area contributed by atoms with Crippen LogP contribution in [0.25, 0.3) is 0 Å². The van der Waals surface area contributed by atoms with Crippen molar-refractivity contribution in [3.8, 4) is 0 Å². The standard InChI is InChI=1S/C13H24O4S/c1-2-3-4-5-6-7-8-9-18-11(13(16)17)10-12(14)15/h11H,2-10H2,1H3,(H,14,15)(H,16,17). The van der Waals surface area contributed by atoms with Crippen molar-refractivity contribution < 1.29 is 19.8 Å². The van der Waals surface area contributed by atoms with Gasteiger partial charge in [0.2, 0.25) is 0 Å². The molecular formula is C13H24O4S. The number of unbranched alkanes of at least 4 members (excludes halogenated alkanes) is 6. The molecule has 0 rings (SSSR count). The lowest BCUT2D eigenvalue weighted by atomic mass is 10.1. The molecule has 0 aromatic rings. The second-order valence-corrected chi connectivity index (χ2v) is 5.73. The summed E-state index contributed by atoms with van der Waals surface area (Å²) in [6, 6.07) is 0. The van der Waals surface area contributed by atoms with Gasteiger partial charge in [-0.15, -0.1) is 11.8 Å². The minimum atomic E-state index is -1.05. The second-order valence-electron chi connectivity index (χ2n) is 4.42. The van der Waals surface area contributed by atoms with Crippen molar-refractivity contribution in [3.05, 3.63) is 0 Å². The quantitative estimate of drug-likeness (QED) is 0.534. The molecule has 0 saturated carbocycles. The van der Waals surface area contributed by atoms with E-state index < -0.39 is 17.2 Å². The number of hydrogen-bond donors (Lipinski definition) is 2. The van der Waals surface area contributed by atoms with Crippen LogP contribution in [0.2, 0.25) is 0 Å². The van der Waals surface area contributed by atoms with Crippen molar-refractivity contribution in [1.29, 1.82) is 0 Å². The predicted octanol–water partition coefficient (Wildman–Crippen LogP) is 3.40. The fourth-order valence-corrected chi connectivity index (χ4v) is 2.72. The molecular weight excluding hydrogens is 252 g/mol. The number of carboxylic acids is 2. The van der Waals surface area contributed by atoms with Crippen LogP contribution in [0.5, 0.6) is 0 Å². The molecule has 0 aliphatic rings. The Labute approximate surface area is 113 Å². The van der Waals surface area contributed by atoms with Crippen LogP contribution in [0.4, 0.5) is 0 Å². The summed E-state index contributed by atoms with van der Waals surface area (Å²) < 4.78 is 0. The normalized spacial score (nSPS) is 12.3. The Kier molecular flexibility index (Phi) is 10.9. The van der Waals surface area contributed by atoms with E-state index in [2.05, 4.69) is 6.92 Å². The van der Waals surface area contributed by atoms with Gasteiger partial charge in [-0.3, -0.25) is 9.59 Å². The number of carboxylic acid groups (broad SMARTS) is 2. The van der Waals surface area contributed by atoms with Crippen molar-refractivity contribution in [1.82, 2.24) is 0 Å². The summed E-state index contributed by atoms with van der Waals surface area (Å²) in [5, 5.41) is 16.6. The maximum Gasteiger partial charge on any atom is 0.317 e. The third-order valence-electron chi connectivity index (χ3n) is 2.70. The van der Waals surface area contributed by atoms with Crippen LogP contribution in [0.3, 0.4) is 0 Å². The van der Waals surface area contributed by atoms with Gasteiger partial charge in [-0.25, -0.2) is 0 Å². The number of rotatable bonds is 12. The summed E-state index contributed by atoms with van der Waals surface area (Å²) in [6.45, 7) is 2.19. The molecule has 5 heteroatoms. The minimum absolute atomic E-state index is 0.295. The SMILES string of the molecule is CCCCCCCCCSC(CC(=O)O)C(=O)O.